The lowest BCUT2D eigenvalue weighted by Crippen LogP contribution is -2.32. The minimum absolute atomic E-state index is 0.00347. The second-order valence-corrected chi connectivity index (χ2v) is 4.36. The van der Waals surface area contributed by atoms with Gasteiger partial charge in [-0.05, 0) is 26.8 Å². The summed E-state index contributed by atoms with van der Waals surface area (Å²) in [7, 11) is 0. The van der Waals surface area contributed by atoms with Gasteiger partial charge in [0.25, 0.3) is 5.56 Å². The van der Waals surface area contributed by atoms with Gasteiger partial charge in [0.2, 0.25) is 0 Å². The van der Waals surface area contributed by atoms with E-state index in [4.69, 9.17) is 0 Å². The first-order valence-corrected chi connectivity index (χ1v) is 4.55. The van der Waals surface area contributed by atoms with Gasteiger partial charge in [-0.2, -0.15) is 5.10 Å². The van der Waals surface area contributed by atoms with Crippen LogP contribution in [0.3, 0.4) is 0 Å². The van der Waals surface area contributed by atoms with Gasteiger partial charge in [-0.1, -0.05) is 0 Å². The molecule has 4 nitrogen and oxygen atoms in total. The Balaban J connectivity index is 2.81. The molecule has 0 saturated carbocycles. The van der Waals surface area contributed by atoms with E-state index < -0.39 is 0 Å². The topological polar surface area (TPSA) is 50.7 Å². The molecule has 0 bridgehead atoms. The van der Waals surface area contributed by atoms with Crippen LogP contribution in [0.4, 0.5) is 0 Å². The number of aromatic nitrogens is 3. The second-order valence-electron chi connectivity index (χ2n) is 4.36. The summed E-state index contributed by atoms with van der Waals surface area (Å²) in [5.41, 5.74) is 0.599. The Morgan fingerprint density at radius 1 is 1.43 bits per heavy atom. The Hall–Kier alpha value is -1.58. The van der Waals surface area contributed by atoms with Crippen molar-refractivity contribution in [2.45, 2.75) is 26.3 Å². The molecule has 0 fully saturated rings. The lowest BCUT2D eigenvalue weighted by molar-refractivity contribution is 0.386. The predicted molar refractivity (Wildman–Crippen MR) is 55.3 cm³/mol. The molecule has 2 aromatic heterocycles. The van der Waals surface area contributed by atoms with Crippen LogP contribution >= 0.6 is 0 Å². The molecule has 0 radical (unpaired) electrons. The summed E-state index contributed by atoms with van der Waals surface area (Å²) in [5, 5.41) is 7.26. The van der Waals surface area contributed by atoms with Gasteiger partial charge in [-0.25, -0.2) is 0 Å². The smallest absolute Gasteiger partial charge is 0.262 e. The van der Waals surface area contributed by atoms with Crippen molar-refractivity contribution in [3.63, 3.8) is 0 Å². The van der Waals surface area contributed by atoms with Gasteiger partial charge < -0.3 is 4.57 Å². The summed E-state index contributed by atoms with van der Waals surface area (Å²) in [6.45, 7) is 6.00. The van der Waals surface area contributed by atoms with E-state index in [2.05, 4.69) is 10.2 Å². The van der Waals surface area contributed by atoms with Crippen molar-refractivity contribution in [2.75, 3.05) is 0 Å². The maximum atomic E-state index is 11.9. The molecule has 0 atom stereocenters. The largest absolute Gasteiger partial charge is 0.310 e. The minimum Gasteiger partial charge on any atom is -0.310 e. The normalized spacial score (nSPS) is 12.2. The van der Waals surface area contributed by atoms with E-state index in [-0.39, 0.29) is 11.1 Å². The van der Waals surface area contributed by atoms with E-state index >= 15 is 0 Å². The van der Waals surface area contributed by atoms with Gasteiger partial charge in [-0.15, -0.1) is 0 Å². The third kappa shape index (κ3) is 1.23. The molecule has 0 saturated heterocycles. The molecule has 1 N–H and O–H groups in total. The molecular weight excluding hydrogens is 178 g/mol. The van der Waals surface area contributed by atoms with Crippen molar-refractivity contribution in [3.05, 3.63) is 28.8 Å². The third-order valence-electron chi connectivity index (χ3n) is 2.23. The van der Waals surface area contributed by atoms with Crippen molar-refractivity contribution in [1.29, 1.82) is 0 Å². The second kappa shape index (κ2) is 2.70. The highest BCUT2D eigenvalue weighted by molar-refractivity contribution is 5.76. The van der Waals surface area contributed by atoms with Crippen LogP contribution in [-0.4, -0.2) is 14.8 Å². The van der Waals surface area contributed by atoms with Crippen LogP contribution < -0.4 is 5.56 Å². The highest BCUT2D eigenvalue weighted by atomic mass is 16.1. The molecule has 0 aromatic carbocycles. The standard InChI is InChI=1S/C10H13N3O/c1-10(2,3)13-5-4-8-7(9(13)14)6-11-12-8/h4-6H,1-3H3,(H,11,12). The van der Waals surface area contributed by atoms with Crippen LogP contribution in [0, 0.1) is 0 Å². The number of nitrogens with one attached hydrogen (secondary N) is 1. The summed E-state index contributed by atoms with van der Waals surface area (Å²) in [6.07, 6.45) is 3.36. The Morgan fingerprint density at radius 2 is 2.14 bits per heavy atom. The molecule has 2 rings (SSSR count). The zero-order valence-corrected chi connectivity index (χ0v) is 8.53. The molecule has 0 aliphatic rings. The summed E-state index contributed by atoms with van der Waals surface area (Å²) in [6, 6.07) is 1.87. The molecule has 74 valence electrons. The SMILES string of the molecule is CC(C)(C)n1ccc2[nH]ncc2c1=O. The number of aromatic amines is 1. The molecule has 0 unspecified atom stereocenters. The quantitative estimate of drug-likeness (QED) is 0.685. The van der Waals surface area contributed by atoms with Crippen LogP contribution in [-0.2, 0) is 5.54 Å². The molecular formula is C10H13N3O. The summed E-state index contributed by atoms with van der Waals surface area (Å²) in [5.74, 6) is 0. The highest BCUT2D eigenvalue weighted by Crippen LogP contribution is 2.12. The van der Waals surface area contributed by atoms with Gasteiger partial charge in [0.15, 0.2) is 0 Å². The maximum Gasteiger partial charge on any atom is 0.262 e. The minimum atomic E-state index is -0.192. The molecule has 0 aliphatic heterocycles. The lowest BCUT2D eigenvalue weighted by atomic mass is 10.1. The van der Waals surface area contributed by atoms with E-state index in [9.17, 15) is 4.79 Å². The Labute approximate surface area is 81.6 Å². The molecule has 4 heteroatoms. The van der Waals surface area contributed by atoms with Crippen LogP contribution in [0.5, 0.6) is 0 Å². The van der Waals surface area contributed by atoms with Crippen molar-refractivity contribution >= 4 is 10.9 Å². The van der Waals surface area contributed by atoms with Gasteiger partial charge in [-0.3, -0.25) is 9.89 Å². The summed E-state index contributed by atoms with van der Waals surface area (Å²) < 4.78 is 1.71. The fourth-order valence-corrected chi connectivity index (χ4v) is 1.47. The summed E-state index contributed by atoms with van der Waals surface area (Å²) in [4.78, 5) is 11.9. The molecule has 2 heterocycles. The first kappa shape index (κ1) is 8.99. The zero-order chi connectivity index (χ0) is 10.3. The van der Waals surface area contributed by atoms with Crippen molar-refractivity contribution in [3.8, 4) is 0 Å². The molecule has 0 spiro atoms. The van der Waals surface area contributed by atoms with Crippen molar-refractivity contribution in [2.24, 2.45) is 0 Å². The number of pyridine rings is 1. The fraction of sp³-hybridized carbons (Fsp3) is 0.400. The molecule has 0 amide bonds. The van der Waals surface area contributed by atoms with Crippen molar-refractivity contribution < 1.29 is 0 Å². The number of hydrogen-bond acceptors (Lipinski definition) is 2. The number of fused-ring (bicyclic) bond motifs is 1. The van der Waals surface area contributed by atoms with Crippen LogP contribution in [0.15, 0.2) is 23.3 Å². The van der Waals surface area contributed by atoms with Gasteiger partial charge in [0.05, 0.1) is 17.1 Å². The number of hydrogen-bond donors (Lipinski definition) is 1. The van der Waals surface area contributed by atoms with Crippen molar-refractivity contribution in [1.82, 2.24) is 14.8 Å². The van der Waals surface area contributed by atoms with E-state index in [1.165, 1.54) is 0 Å². The van der Waals surface area contributed by atoms with Crippen LogP contribution in [0.1, 0.15) is 20.8 Å². The Bertz CT molecular complexity index is 516. The van der Waals surface area contributed by atoms with Gasteiger partial charge >= 0.3 is 0 Å². The molecule has 2 aromatic rings. The first-order valence-electron chi connectivity index (χ1n) is 4.55. The number of nitrogens with zero attached hydrogens (tertiary/aromatic N) is 2. The van der Waals surface area contributed by atoms with E-state index in [0.717, 1.165) is 5.52 Å². The first-order chi connectivity index (χ1) is 6.50. The summed E-state index contributed by atoms with van der Waals surface area (Å²) >= 11 is 0. The van der Waals surface area contributed by atoms with E-state index in [1.54, 1.807) is 17.0 Å². The van der Waals surface area contributed by atoms with E-state index in [0.29, 0.717) is 5.39 Å². The predicted octanol–water partition coefficient (Wildman–Crippen LogP) is 1.48. The Morgan fingerprint density at radius 3 is 2.79 bits per heavy atom. The maximum absolute atomic E-state index is 11.9. The third-order valence-corrected chi connectivity index (χ3v) is 2.23. The van der Waals surface area contributed by atoms with Crippen LogP contribution in [0.2, 0.25) is 0 Å². The Kier molecular flexibility index (Phi) is 1.74. The van der Waals surface area contributed by atoms with Crippen LogP contribution in [0.25, 0.3) is 10.9 Å². The molecule has 0 aliphatic carbocycles. The number of H-pyrrole nitrogens is 1. The zero-order valence-electron chi connectivity index (χ0n) is 8.53. The highest BCUT2D eigenvalue weighted by Gasteiger charge is 2.15. The average Bonchev–Trinajstić information content (AvgIpc) is 2.50. The van der Waals surface area contributed by atoms with Gasteiger partial charge in [0.1, 0.15) is 0 Å². The monoisotopic (exact) mass is 191 g/mol. The van der Waals surface area contributed by atoms with Gasteiger partial charge in [0, 0.05) is 11.7 Å². The molecule has 14 heavy (non-hydrogen) atoms. The number of rotatable bonds is 0. The van der Waals surface area contributed by atoms with E-state index in [1.807, 2.05) is 26.8 Å². The average molecular weight is 191 g/mol. The fourth-order valence-electron chi connectivity index (χ4n) is 1.47. The lowest BCUT2D eigenvalue weighted by Gasteiger charge is -2.21.